The molecule has 4 heteroatoms. The third-order valence-corrected chi connectivity index (χ3v) is 2.38. The first kappa shape index (κ1) is 10.1. The van der Waals surface area contributed by atoms with Gasteiger partial charge in [0.25, 0.3) is 0 Å². The Hall–Kier alpha value is -1.48. The smallest absolute Gasteiger partial charge is 0.200 e. The Balaban J connectivity index is 2.55. The molecule has 0 aliphatic carbocycles. The summed E-state index contributed by atoms with van der Waals surface area (Å²) in [6.45, 7) is 2.03. The molecular formula is C11H11ClN2O. The standard InChI is InChI=1S/C11H11ClN2O/c1-7-3-4-10(15-2)8(5-7)9-6-13-11(12)14-9/h3-6H,1-2H3,(H,13,14). The monoisotopic (exact) mass is 222 g/mol. The van der Waals surface area contributed by atoms with Crippen molar-refractivity contribution in [3.8, 4) is 17.0 Å². The van der Waals surface area contributed by atoms with Gasteiger partial charge >= 0.3 is 0 Å². The molecule has 1 aromatic carbocycles. The Morgan fingerprint density at radius 1 is 1.40 bits per heavy atom. The third-order valence-electron chi connectivity index (χ3n) is 2.19. The first-order valence-electron chi connectivity index (χ1n) is 4.56. The summed E-state index contributed by atoms with van der Waals surface area (Å²) in [5, 5.41) is 0.383. The molecule has 0 aliphatic heterocycles. The van der Waals surface area contributed by atoms with Crippen LogP contribution in [0.15, 0.2) is 24.4 Å². The largest absolute Gasteiger partial charge is 0.496 e. The summed E-state index contributed by atoms with van der Waals surface area (Å²) in [5.74, 6) is 0.806. The van der Waals surface area contributed by atoms with Crippen molar-refractivity contribution in [2.24, 2.45) is 0 Å². The Morgan fingerprint density at radius 3 is 2.80 bits per heavy atom. The van der Waals surface area contributed by atoms with Crippen molar-refractivity contribution in [2.45, 2.75) is 6.92 Å². The summed E-state index contributed by atoms with van der Waals surface area (Å²) < 4.78 is 5.27. The fraction of sp³-hybridized carbons (Fsp3) is 0.182. The molecule has 0 radical (unpaired) electrons. The molecule has 1 heterocycles. The number of benzene rings is 1. The van der Waals surface area contributed by atoms with Gasteiger partial charge in [-0.15, -0.1) is 0 Å². The Labute approximate surface area is 93.1 Å². The number of hydrogen-bond acceptors (Lipinski definition) is 2. The number of halogens is 1. The summed E-state index contributed by atoms with van der Waals surface area (Å²) in [6, 6.07) is 5.96. The molecule has 1 N–H and O–H groups in total. The van der Waals surface area contributed by atoms with Gasteiger partial charge < -0.3 is 9.72 Å². The normalized spacial score (nSPS) is 10.3. The maximum absolute atomic E-state index is 5.74. The summed E-state index contributed by atoms with van der Waals surface area (Å²) in [5.41, 5.74) is 2.99. The maximum atomic E-state index is 5.74. The van der Waals surface area contributed by atoms with Crippen molar-refractivity contribution in [3.05, 3.63) is 35.2 Å². The van der Waals surface area contributed by atoms with Crippen molar-refractivity contribution in [1.82, 2.24) is 9.97 Å². The van der Waals surface area contributed by atoms with Crippen LogP contribution >= 0.6 is 11.6 Å². The summed E-state index contributed by atoms with van der Waals surface area (Å²) in [7, 11) is 1.64. The van der Waals surface area contributed by atoms with Crippen molar-refractivity contribution >= 4 is 11.6 Å². The Kier molecular flexibility index (Phi) is 2.64. The fourth-order valence-electron chi connectivity index (χ4n) is 1.47. The average molecular weight is 223 g/mol. The van der Waals surface area contributed by atoms with Gasteiger partial charge in [-0.2, -0.15) is 0 Å². The summed E-state index contributed by atoms with van der Waals surface area (Å²) >= 11 is 5.74. The predicted octanol–water partition coefficient (Wildman–Crippen LogP) is 3.05. The predicted molar refractivity (Wildman–Crippen MR) is 60.3 cm³/mol. The Morgan fingerprint density at radius 2 is 2.20 bits per heavy atom. The molecule has 3 nitrogen and oxygen atoms in total. The quantitative estimate of drug-likeness (QED) is 0.848. The highest BCUT2D eigenvalue weighted by molar-refractivity contribution is 6.28. The fourth-order valence-corrected chi connectivity index (χ4v) is 1.62. The van der Waals surface area contributed by atoms with Crippen LogP contribution < -0.4 is 4.74 Å². The van der Waals surface area contributed by atoms with Gasteiger partial charge in [-0.25, -0.2) is 4.98 Å². The second-order valence-electron chi connectivity index (χ2n) is 3.29. The lowest BCUT2D eigenvalue weighted by Crippen LogP contribution is -1.88. The minimum Gasteiger partial charge on any atom is -0.496 e. The number of imidazole rings is 1. The van der Waals surface area contributed by atoms with Crippen molar-refractivity contribution in [1.29, 1.82) is 0 Å². The SMILES string of the molecule is COc1ccc(C)cc1-c1cnc(Cl)[nH]1. The van der Waals surface area contributed by atoms with Crippen LogP contribution in [-0.2, 0) is 0 Å². The number of aryl methyl sites for hydroxylation is 1. The molecule has 0 bridgehead atoms. The van der Waals surface area contributed by atoms with Gasteiger partial charge in [0.1, 0.15) is 5.75 Å². The molecule has 0 spiro atoms. The number of aromatic nitrogens is 2. The zero-order chi connectivity index (χ0) is 10.8. The van der Waals surface area contributed by atoms with Gasteiger partial charge in [-0.3, -0.25) is 0 Å². The number of ether oxygens (including phenoxy) is 1. The first-order valence-corrected chi connectivity index (χ1v) is 4.94. The molecule has 0 aliphatic rings. The molecule has 0 atom stereocenters. The van der Waals surface area contributed by atoms with Crippen LogP contribution in [0.2, 0.25) is 5.28 Å². The summed E-state index contributed by atoms with van der Waals surface area (Å²) in [4.78, 5) is 6.92. The van der Waals surface area contributed by atoms with Crippen LogP contribution in [-0.4, -0.2) is 17.1 Å². The molecule has 2 aromatic rings. The molecule has 78 valence electrons. The van der Waals surface area contributed by atoms with Crippen LogP contribution in [0.3, 0.4) is 0 Å². The number of aromatic amines is 1. The molecule has 2 rings (SSSR count). The molecule has 0 amide bonds. The van der Waals surface area contributed by atoms with Gasteiger partial charge in [0.15, 0.2) is 5.28 Å². The van der Waals surface area contributed by atoms with E-state index in [0.29, 0.717) is 5.28 Å². The zero-order valence-corrected chi connectivity index (χ0v) is 9.30. The van der Waals surface area contributed by atoms with E-state index >= 15 is 0 Å². The molecule has 0 fully saturated rings. The number of methoxy groups -OCH3 is 1. The molecule has 1 aromatic heterocycles. The van der Waals surface area contributed by atoms with Crippen LogP contribution in [0.1, 0.15) is 5.56 Å². The van der Waals surface area contributed by atoms with Gasteiger partial charge in [-0.05, 0) is 30.7 Å². The van der Waals surface area contributed by atoms with E-state index in [-0.39, 0.29) is 0 Å². The highest BCUT2D eigenvalue weighted by Gasteiger charge is 2.08. The van der Waals surface area contributed by atoms with E-state index in [0.717, 1.165) is 22.6 Å². The average Bonchev–Trinajstić information content (AvgIpc) is 2.65. The van der Waals surface area contributed by atoms with Crippen molar-refractivity contribution in [3.63, 3.8) is 0 Å². The minimum atomic E-state index is 0.383. The number of H-pyrrole nitrogens is 1. The maximum Gasteiger partial charge on any atom is 0.200 e. The topological polar surface area (TPSA) is 37.9 Å². The second-order valence-corrected chi connectivity index (χ2v) is 3.65. The van der Waals surface area contributed by atoms with E-state index in [4.69, 9.17) is 16.3 Å². The minimum absolute atomic E-state index is 0.383. The van der Waals surface area contributed by atoms with Crippen LogP contribution in [0, 0.1) is 6.92 Å². The van der Waals surface area contributed by atoms with Gasteiger partial charge in [-0.1, -0.05) is 11.6 Å². The van der Waals surface area contributed by atoms with E-state index in [2.05, 4.69) is 9.97 Å². The van der Waals surface area contributed by atoms with Gasteiger partial charge in [0, 0.05) is 5.56 Å². The van der Waals surface area contributed by atoms with Crippen molar-refractivity contribution in [2.75, 3.05) is 7.11 Å². The van der Waals surface area contributed by atoms with Crippen LogP contribution in [0.25, 0.3) is 11.3 Å². The number of nitrogens with zero attached hydrogens (tertiary/aromatic N) is 1. The lowest BCUT2D eigenvalue weighted by molar-refractivity contribution is 0.416. The number of hydrogen-bond donors (Lipinski definition) is 1. The number of rotatable bonds is 2. The van der Waals surface area contributed by atoms with Crippen LogP contribution in [0.4, 0.5) is 0 Å². The zero-order valence-electron chi connectivity index (χ0n) is 8.54. The molecule has 0 saturated carbocycles. The highest BCUT2D eigenvalue weighted by Crippen LogP contribution is 2.29. The second kappa shape index (κ2) is 3.95. The molecular weight excluding hydrogens is 212 g/mol. The lowest BCUT2D eigenvalue weighted by Gasteiger charge is -2.07. The van der Waals surface area contributed by atoms with Crippen molar-refractivity contribution < 1.29 is 4.74 Å². The van der Waals surface area contributed by atoms with E-state index in [1.807, 2.05) is 25.1 Å². The van der Waals surface area contributed by atoms with E-state index in [1.54, 1.807) is 13.3 Å². The van der Waals surface area contributed by atoms with E-state index < -0.39 is 0 Å². The van der Waals surface area contributed by atoms with Crippen LogP contribution in [0.5, 0.6) is 5.75 Å². The molecule has 15 heavy (non-hydrogen) atoms. The summed E-state index contributed by atoms with van der Waals surface area (Å²) in [6.07, 6.45) is 1.69. The number of nitrogens with one attached hydrogen (secondary N) is 1. The first-order chi connectivity index (χ1) is 7.20. The third kappa shape index (κ3) is 1.97. The lowest BCUT2D eigenvalue weighted by atomic mass is 10.1. The highest BCUT2D eigenvalue weighted by atomic mass is 35.5. The molecule has 0 unspecified atom stereocenters. The Bertz CT molecular complexity index is 479. The van der Waals surface area contributed by atoms with E-state index in [1.165, 1.54) is 0 Å². The molecule has 0 saturated heterocycles. The van der Waals surface area contributed by atoms with Gasteiger partial charge in [0.05, 0.1) is 19.0 Å². The van der Waals surface area contributed by atoms with E-state index in [9.17, 15) is 0 Å². The van der Waals surface area contributed by atoms with Gasteiger partial charge in [0.2, 0.25) is 0 Å².